The molecule has 0 aromatic heterocycles. The predicted octanol–water partition coefficient (Wildman–Crippen LogP) is 0.454. The Labute approximate surface area is 86.8 Å². The molecular weight excluding hydrogens is 174 g/mol. The summed E-state index contributed by atoms with van der Waals surface area (Å²) in [5.74, 6) is 0.832. The number of piperidine rings is 2. The third kappa shape index (κ3) is 2.27. The molecule has 3 nitrogen and oxygen atoms in total. The predicted molar refractivity (Wildman–Crippen MR) is 59.2 cm³/mol. The summed E-state index contributed by atoms with van der Waals surface area (Å²) in [6.07, 6.45) is 5.17. The normalized spacial score (nSPS) is 45.0. The molecule has 2 fully saturated rings. The second kappa shape index (κ2) is 4.60. The van der Waals surface area contributed by atoms with Crippen molar-refractivity contribution in [2.45, 2.75) is 50.7 Å². The van der Waals surface area contributed by atoms with Crippen molar-refractivity contribution in [2.24, 2.45) is 11.7 Å². The quantitative estimate of drug-likeness (QED) is 0.572. The molecule has 2 aliphatic heterocycles. The van der Waals surface area contributed by atoms with Crippen molar-refractivity contribution in [2.75, 3.05) is 13.1 Å². The largest absolute Gasteiger partial charge is 0.326 e. The lowest BCUT2D eigenvalue weighted by molar-refractivity contribution is 0.206. The minimum atomic E-state index is 0.364. The van der Waals surface area contributed by atoms with Crippen molar-refractivity contribution < 1.29 is 0 Å². The summed E-state index contributed by atoms with van der Waals surface area (Å²) in [4.78, 5) is 0. The Bertz CT molecular complexity index is 177. The molecular formula is C11H23N3. The molecule has 4 N–H and O–H groups in total. The number of nitrogens with two attached hydrogens (primary N) is 1. The van der Waals surface area contributed by atoms with Crippen LogP contribution in [0.4, 0.5) is 0 Å². The number of hydrogen-bond donors (Lipinski definition) is 3. The van der Waals surface area contributed by atoms with Gasteiger partial charge in [0.25, 0.3) is 0 Å². The summed E-state index contributed by atoms with van der Waals surface area (Å²) < 4.78 is 0. The van der Waals surface area contributed by atoms with Gasteiger partial charge in [0, 0.05) is 18.1 Å². The van der Waals surface area contributed by atoms with Gasteiger partial charge in [-0.3, -0.25) is 0 Å². The first-order chi connectivity index (χ1) is 6.77. The number of hydrogen-bond acceptors (Lipinski definition) is 3. The molecule has 82 valence electrons. The van der Waals surface area contributed by atoms with Crippen molar-refractivity contribution >= 4 is 0 Å². The third-order valence-corrected chi connectivity index (χ3v) is 3.83. The van der Waals surface area contributed by atoms with E-state index in [0.717, 1.165) is 5.92 Å². The Morgan fingerprint density at radius 2 is 2.07 bits per heavy atom. The molecule has 2 rings (SSSR count). The Morgan fingerprint density at radius 3 is 2.71 bits per heavy atom. The molecule has 0 bridgehead atoms. The minimum Gasteiger partial charge on any atom is -0.326 e. The first kappa shape index (κ1) is 10.4. The zero-order valence-corrected chi connectivity index (χ0v) is 9.13. The van der Waals surface area contributed by atoms with E-state index >= 15 is 0 Å². The summed E-state index contributed by atoms with van der Waals surface area (Å²) in [5, 5.41) is 7.16. The Hall–Kier alpha value is -0.120. The molecule has 4 unspecified atom stereocenters. The van der Waals surface area contributed by atoms with Crippen LogP contribution in [-0.4, -0.2) is 31.2 Å². The van der Waals surface area contributed by atoms with Crippen LogP contribution in [0.25, 0.3) is 0 Å². The Morgan fingerprint density at radius 1 is 1.21 bits per heavy atom. The molecule has 2 saturated heterocycles. The van der Waals surface area contributed by atoms with Crippen LogP contribution < -0.4 is 16.4 Å². The number of nitrogens with one attached hydrogen (secondary N) is 2. The van der Waals surface area contributed by atoms with Crippen LogP contribution in [0.1, 0.15) is 32.6 Å². The molecule has 4 atom stereocenters. The highest BCUT2D eigenvalue weighted by Gasteiger charge is 2.30. The monoisotopic (exact) mass is 197 g/mol. The Kier molecular flexibility index (Phi) is 3.42. The van der Waals surface area contributed by atoms with Crippen LogP contribution in [0.5, 0.6) is 0 Å². The van der Waals surface area contributed by atoms with E-state index in [4.69, 9.17) is 5.73 Å². The van der Waals surface area contributed by atoms with Gasteiger partial charge < -0.3 is 16.4 Å². The van der Waals surface area contributed by atoms with Crippen LogP contribution in [0.3, 0.4) is 0 Å². The molecule has 0 aromatic rings. The van der Waals surface area contributed by atoms with Gasteiger partial charge >= 0.3 is 0 Å². The highest BCUT2D eigenvalue weighted by Crippen LogP contribution is 2.22. The Balaban J connectivity index is 1.85. The second-order valence-corrected chi connectivity index (χ2v) is 4.91. The van der Waals surface area contributed by atoms with E-state index in [0.29, 0.717) is 18.1 Å². The summed E-state index contributed by atoms with van der Waals surface area (Å²) in [6.45, 7) is 4.62. The molecule has 0 aromatic carbocycles. The highest BCUT2D eigenvalue weighted by molar-refractivity contribution is 4.91. The fourth-order valence-corrected chi connectivity index (χ4v) is 2.76. The SMILES string of the molecule is CC1NC(C2CCCNC2)CCC1N. The van der Waals surface area contributed by atoms with Crippen LogP contribution in [0.2, 0.25) is 0 Å². The first-order valence-corrected chi connectivity index (χ1v) is 5.99. The van der Waals surface area contributed by atoms with Gasteiger partial charge in [0.15, 0.2) is 0 Å². The van der Waals surface area contributed by atoms with Gasteiger partial charge in [0.2, 0.25) is 0 Å². The van der Waals surface area contributed by atoms with Gasteiger partial charge in [0.1, 0.15) is 0 Å². The maximum atomic E-state index is 5.99. The third-order valence-electron chi connectivity index (χ3n) is 3.83. The van der Waals surface area contributed by atoms with Crippen LogP contribution in [-0.2, 0) is 0 Å². The van der Waals surface area contributed by atoms with Crippen LogP contribution in [0, 0.1) is 5.92 Å². The summed E-state index contributed by atoms with van der Waals surface area (Å²) >= 11 is 0. The molecule has 0 amide bonds. The summed E-state index contributed by atoms with van der Waals surface area (Å²) in [5.41, 5.74) is 5.99. The standard InChI is InChI=1S/C11H23N3/c1-8-10(12)4-5-11(14-8)9-3-2-6-13-7-9/h8-11,13-14H,2-7,12H2,1H3. The van der Waals surface area contributed by atoms with Crippen molar-refractivity contribution in [1.82, 2.24) is 10.6 Å². The maximum absolute atomic E-state index is 5.99. The van der Waals surface area contributed by atoms with E-state index in [-0.39, 0.29) is 0 Å². The molecule has 0 radical (unpaired) electrons. The van der Waals surface area contributed by atoms with E-state index in [1.807, 2.05) is 0 Å². The van der Waals surface area contributed by atoms with Gasteiger partial charge in [-0.15, -0.1) is 0 Å². The lowest BCUT2D eigenvalue weighted by Gasteiger charge is -2.39. The molecule has 2 heterocycles. The van der Waals surface area contributed by atoms with E-state index in [1.54, 1.807) is 0 Å². The van der Waals surface area contributed by atoms with Crippen molar-refractivity contribution in [3.8, 4) is 0 Å². The summed E-state index contributed by atoms with van der Waals surface area (Å²) in [6, 6.07) is 1.57. The van der Waals surface area contributed by atoms with Gasteiger partial charge in [0.05, 0.1) is 0 Å². The average molecular weight is 197 g/mol. The van der Waals surface area contributed by atoms with Crippen molar-refractivity contribution in [3.63, 3.8) is 0 Å². The van der Waals surface area contributed by atoms with E-state index in [9.17, 15) is 0 Å². The van der Waals surface area contributed by atoms with Crippen LogP contribution >= 0.6 is 0 Å². The zero-order chi connectivity index (χ0) is 9.97. The molecule has 14 heavy (non-hydrogen) atoms. The zero-order valence-electron chi connectivity index (χ0n) is 9.13. The summed E-state index contributed by atoms with van der Waals surface area (Å²) in [7, 11) is 0. The molecule has 0 aliphatic carbocycles. The lowest BCUT2D eigenvalue weighted by Crippen LogP contribution is -2.56. The molecule has 2 aliphatic rings. The fraction of sp³-hybridized carbons (Fsp3) is 1.00. The minimum absolute atomic E-state index is 0.364. The van der Waals surface area contributed by atoms with Gasteiger partial charge in [-0.05, 0) is 51.6 Å². The molecule has 0 saturated carbocycles. The van der Waals surface area contributed by atoms with E-state index in [2.05, 4.69) is 17.6 Å². The smallest absolute Gasteiger partial charge is 0.0193 e. The van der Waals surface area contributed by atoms with Gasteiger partial charge in [-0.25, -0.2) is 0 Å². The van der Waals surface area contributed by atoms with Crippen molar-refractivity contribution in [3.05, 3.63) is 0 Å². The lowest BCUT2D eigenvalue weighted by atomic mass is 9.84. The van der Waals surface area contributed by atoms with Crippen LogP contribution in [0.15, 0.2) is 0 Å². The van der Waals surface area contributed by atoms with Crippen molar-refractivity contribution in [1.29, 1.82) is 0 Å². The molecule has 0 spiro atoms. The maximum Gasteiger partial charge on any atom is 0.0193 e. The molecule has 3 heteroatoms. The average Bonchev–Trinajstić information content (AvgIpc) is 2.23. The first-order valence-electron chi connectivity index (χ1n) is 5.99. The van der Waals surface area contributed by atoms with Gasteiger partial charge in [-0.2, -0.15) is 0 Å². The highest BCUT2D eigenvalue weighted by atomic mass is 15.0. The topological polar surface area (TPSA) is 50.1 Å². The van der Waals surface area contributed by atoms with Gasteiger partial charge in [-0.1, -0.05) is 0 Å². The second-order valence-electron chi connectivity index (χ2n) is 4.91. The fourth-order valence-electron chi connectivity index (χ4n) is 2.76. The number of rotatable bonds is 1. The van der Waals surface area contributed by atoms with E-state index < -0.39 is 0 Å². The van der Waals surface area contributed by atoms with E-state index in [1.165, 1.54) is 38.8 Å².